The van der Waals surface area contributed by atoms with Crippen LogP contribution in [0.5, 0.6) is 5.88 Å². The Kier molecular flexibility index (Phi) is 6.52. The highest BCUT2D eigenvalue weighted by molar-refractivity contribution is 5.59. The Morgan fingerprint density at radius 3 is 2.55 bits per heavy atom. The Morgan fingerprint density at radius 2 is 1.87 bits per heavy atom. The fourth-order valence-corrected chi connectivity index (χ4v) is 4.00. The summed E-state index contributed by atoms with van der Waals surface area (Å²) in [5.74, 6) is -0.772. The number of nitrogens with zero attached hydrogens (tertiary/aromatic N) is 3. The maximum atomic E-state index is 14.7. The molecule has 2 aliphatic rings. The van der Waals surface area contributed by atoms with E-state index in [2.05, 4.69) is 39.3 Å². The van der Waals surface area contributed by atoms with Gasteiger partial charge in [0.05, 0.1) is 18.4 Å². The van der Waals surface area contributed by atoms with Gasteiger partial charge in [-0.05, 0) is 64.0 Å². The van der Waals surface area contributed by atoms with Gasteiger partial charge < -0.3 is 25.0 Å². The number of anilines is 3. The molecule has 7 nitrogen and oxygen atoms in total. The molecule has 3 heterocycles. The van der Waals surface area contributed by atoms with Gasteiger partial charge in [0.2, 0.25) is 11.8 Å². The third-order valence-electron chi connectivity index (χ3n) is 5.59. The number of alkyl halides is 1. The van der Waals surface area contributed by atoms with Crippen molar-refractivity contribution in [2.45, 2.75) is 44.6 Å². The smallest absolute Gasteiger partial charge is 0.255 e. The van der Waals surface area contributed by atoms with Gasteiger partial charge in [-0.15, -0.1) is 0 Å². The lowest BCUT2D eigenvalue weighted by molar-refractivity contribution is -0.00521. The molecule has 9 heteroatoms. The summed E-state index contributed by atoms with van der Waals surface area (Å²) in [6.45, 7) is 6.75. The van der Waals surface area contributed by atoms with Crippen molar-refractivity contribution in [1.82, 2.24) is 15.3 Å². The molecule has 4 rings (SSSR count). The summed E-state index contributed by atoms with van der Waals surface area (Å²) in [6.07, 6.45) is 2.06. The second-order valence-electron chi connectivity index (χ2n) is 8.37. The van der Waals surface area contributed by atoms with Gasteiger partial charge >= 0.3 is 0 Å². The summed E-state index contributed by atoms with van der Waals surface area (Å²) >= 11 is 0. The van der Waals surface area contributed by atoms with Gasteiger partial charge in [-0.3, -0.25) is 0 Å². The summed E-state index contributed by atoms with van der Waals surface area (Å²) in [5, 5.41) is 6.15. The highest BCUT2D eigenvalue weighted by Crippen LogP contribution is 2.27. The molecule has 0 amide bonds. The number of rotatable bonds is 6. The van der Waals surface area contributed by atoms with Crippen molar-refractivity contribution in [2.75, 3.05) is 43.0 Å². The molecule has 2 aliphatic heterocycles. The van der Waals surface area contributed by atoms with E-state index in [1.807, 2.05) is 24.3 Å². The first-order chi connectivity index (χ1) is 14.9. The molecule has 168 valence electrons. The van der Waals surface area contributed by atoms with Crippen LogP contribution in [0.3, 0.4) is 0 Å². The topological polar surface area (TPSA) is 71.5 Å². The van der Waals surface area contributed by atoms with Gasteiger partial charge in [-0.2, -0.15) is 9.37 Å². The second-order valence-corrected chi connectivity index (χ2v) is 8.37. The van der Waals surface area contributed by atoms with Crippen LogP contribution in [-0.2, 0) is 4.74 Å². The Labute approximate surface area is 181 Å². The molecule has 1 aromatic carbocycles. The van der Waals surface area contributed by atoms with Gasteiger partial charge in [-0.25, -0.2) is 9.37 Å². The summed E-state index contributed by atoms with van der Waals surface area (Å²) in [7, 11) is 0. The van der Waals surface area contributed by atoms with Crippen LogP contribution in [0.4, 0.5) is 26.1 Å². The number of hydrogen-bond acceptors (Lipinski definition) is 7. The summed E-state index contributed by atoms with van der Waals surface area (Å²) < 4.78 is 40.0. The highest BCUT2D eigenvalue weighted by atomic mass is 19.1. The molecule has 2 N–H and O–H groups in total. The van der Waals surface area contributed by atoms with Crippen molar-refractivity contribution in [3.63, 3.8) is 0 Å². The summed E-state index contributed by atoms with van der Waals surface area (Å²) in [5.41, 5.74) is 0.392. The Morgan fingerprint density at radius 1 is 1.19 bits per heavy atom. The van der Waals surface area contributed by atoms with Gasteiger partial charge in [0.25, 0.3) is 5.88 Å². The number of piperidine rings is 1. The van der Waals surface area contributed by atoms with Crippen LogP contribution < -0.4 is 20.3 Å². The number of morpholine rings is 1. The third kappa shape index (κ3) is 5.59. The SMILES string of the molecule is C[C@@H]1CN(c2ccc(Nc3ncc(F)c(OCC4(F)CCNCC4)n3)cc2)C[C@H](C)O1. The molecule has 2 fully saturated rings. The zero-order chi connectivity index (χ0) is 21.8. The molecule has 2 aromatic rings. The first-order valence-corrected chi connectivity index (χ1v) is 10.7. The van der Waals surface area contributed by atoms with Crippen molar-refractivity contribution in [2.24, 2.45) is 0 Å². The average Bonchev–Trinajstić information content (AvgIpc) is 2.74. The molecular weight excluding hydrogens is 404 g/mol. The maximum Gasteiger partial charge on any atom is 0.255 e. The van der Waals surface area contributed by atoms with Gasteiger partial charge in [0, 0.05) is 24.5 Å². The van der Waals surface area contributed by atoms with Crippen LogP contribution in [-0.4, -0.2) is 60.6 Å². The third-order valence-corrected chi connectivity index (χ3v) is 5.59. The van der Waals surface area contributed by atoms with E-state index in [9.17, 15) is 8.78 Å². The van der Waals surface area contributed by atoms with E-state index in [4.69, 9.17) is 9.47 Å². The summed E-state index contributed by atoms with van der Waals surface area (Å²) in [4.78, 5) is 10.3. The fraction of sp³-hybridized carbons (Fsp3) is 0.545. The lowest BCUT2D eigenvalue weighted by Crippen LogP contribution is -2.45. The molecule has 0 bridgehead atoms. The monoisotopic (exact) mass is 433 g/mol. The quantitative estimate of drug-likeness (QED) is 0.723. The molecular formula is C22H29F2N5O2. The van der Waals surface area contributed by atoms with Crippen LogP contribution in [0.25, 0.3) is 0 Å². The standard InChI is InChI=1S/C22H29F2N5O2/c1-15-12-29(13-16(2)31-15)18-5-3-17(4-6-18)27-21-26-11-19(23)20(28-21)30-14-22(24)7-9-25-10-8-22/h3-6,11,15-16,25H,7-10,12-14H2,1-2H3,(H,26,27,28)/t15-,16+. The van der Waals surface area contributed by atoms with Gasteiger partial charge in [0.15, 0.2) is 0 Å². The normalized spacial score (nSPS) is 23.4. The minimum absolute atomic E-state index is 0.181. The number of ether oxygens (including phenoxy) is 2. The zero-order valence-corrected chi connectivity index (χ0v) is 17.9. The van der Waals surface area contributed by atoms with Crippen LogP contribution in [0.1, 0.15) is 26.7 Å². The van der Waals surface area contributed by atoms with Crippen LogP contribution in [0, 0.1) is 5.82 Å². The van der Waals surface area contributed by atoms with E-state index in [0.717, 1.165) is 30.7 Å². The lowest BCUT2D eigenvalue weighted by Gasteiger charge is -2.36. The molecule has 2 saturated heterocycles. The van der Waals surface area contributed by atoms with E-state index in [-0.39, 0.29) is 30.6 Å². The van der Waals surface area contributed by atoms with Crippen molar-refractivity contribution >= 4 is 17.3 Å². The minimum Gasteiger partial charge on any atom is -0.472 e. The van der Waals surface area contributed by atoms with Crippen LogP contribution in [0.15, 0.2) is 30.5 Å². The van der Waals surface area contributed by atoms with Crippen molar-refractivity contribution in [1.29, 1.82) is 0 Å². The largest absolute Gasteiger partial charge is 0.472 e. The second kappa shape index (κ2) is 9.32. The molecule has 0 aliphatic carbocycles. The van der Waals surface area contributed by atoms with E-state index >= 15 is 0 Å². The first-order valence-electron chi connectivity index (χ1n) is 10.7. The zero-order valence-electron chi connectivity index (χ0n) is 17.9. The van der Waals surface area contributed by atoms with E-state index in [0.29, 0.717) is 25.9 Å². The Bertz CT molecular complexity index is 867. The fourth-order valence-electron chi connectivity index (χ4n) is 4.00. The number of hydrogen-bond donors (Lipinski definition) is 2. The molecule has 31 heavy (non-hydrogen) atoms. The number of aromatic nitrogens is 2. The summed E-state index contributed by atoms with van der Waals surface area (Å²) in [6, 6.07) is 7.86. The molecule has 0 saturated carbocycles. The van der Waals surface area contributed by atoms with Crippen molar-refractivity contribution in [3.8, 4) is 5.88 Å². The number of halogens is 2. The van der Waals surface area contributed by atoms with Crippen LogP contribution >= 0.6 is 0 Å². The maximum absolute atomic E-state index is 14.7. The van der Waals surface area contributed by atoms with E-state index in [1.54, 1.807) is 0 Å². The van der Waals surface area contributed by atoms with Crippen molar-refractivity contribution in [3.05, 3.63) is 36.3 Å². The predicted molar refractivity (Wildman–Crippen MR) is 115 cm³/mol. The van der Waals surface area contributed by atoms with Crippen LogP contribution in [0.2, 0.25) is 0 Å². The Hall–Kier alpha value is -2.52. The van der Waals surface area contributed by atoms with Gasteiger partial charge in [-0.1, -0.05) is 0 Å². The molecule has 0 radical (unpaired) electrons. The highest BCUT2D eigenvalue weighted by Gasteiger charge is 2.33. The molecule has 2 atom stereocenters. The molecule has 0 unspecified atom stereocenters. The number of nitrogens with one attached hydrogen (secondary N) is 2. The van der Waals surface area contributed by atoms with E-state index in [1.165, 1.54) is 0 Å². The number of benzene rings is 1. The van der Waals surface area contributed by atoms with Crippen molar-refractivity contribution < 1.29 is 18.3 Å². The molecule has 1 aromatic heterocycles. The Balaban J connectivity index is 1.39. The predicted octanol–water partition coefficient (Wildman–Crippen LogP) is 3.44. The average molecular weight is 434 g/mol. The van der Waals surface area contributed by atoms with E-state index < -0.39 is 11.5 Å². The van der Waals surface area contributed by atoms with Gasteiger partial charge in [0.1, 0.15) is 12.3 Å². The minimum atomic E-state index is -1.47. The molecule has 0 spiro atoms. The lowest BCUT2D eigenvalue weighted by atomic mass is 9.96. The first kappa shape index (κ1) is 21.7.